The predicted molar refractivity (Wildman–Crippen MR) is 59.0 cm³/mol. The zero-order valence-electron chi connectivity index (χ0n) is 10.3. The van der Waals surface area contributed by atoms with Gasteiger partial charge in [0.2, 0.25) is 0 Å². The van der Waals surface area contributed by atoms with Crippen molar-refractivity contribution in [1.29, 1.82) is 0 Å². The molecule has 1 saturated heterocycles. The Kier molecular flexibility index (Phi) is 3.40. The lowest BCUT2D eigenvalue weighted by atomic mass is 9.95. The molecule has 2 rings (SSSR count). The largest absolute Gasteiger partial charge is 0.495 e. The minimum atomic E-state index is -0.624. The maximum atomic E-state index is 11.0. The highest BCUT2D eigenvalue weighted by Gasteiger charge is 2.40. The summed E-state index contributed by atoms with van der Waals surface area (Å²) in [7, 11) is 0. The number of fused-ring (bicyclic) bond motifs is 1. The van der Waals surface area contributed by atoms with Gasteiger partial charge in [-0.05, 0) is 19.9 Å². The van der Waals surface area contributed by atoms with Crippen LogP contribution < -0.4 is 0 Å². The van der Waals surface area contributed by atoms with Crippen molar-refractivity contribution in [2.75, 3.05) is 13.2 Å². The number of rotatable bonds is 1. The second-order valence-corrected chi connectivity index (χ2v) is 4.76. The fraction of sp³-hybridized carbons (Fsp3) is 0.750. The Morgan fingerprint density at radius 2 is 2.06 bits per heavy atom. The molecule has 17 heavy (non-hydrogen) atoms. The summed E-state index contributed by atoms with van der Waals surface area (Å²) in [5.74, 6) is -0.947. The molecule has 0 spiro atoms. The van der Waals surface area contributed by atoms with Crippen LogP contribution in [0.25, 0.3) is 0 Å². The third-order valence-corrected chi connectivity index (χ3v) is 2.94. The van der Waals surface area contributed by atoms with Crippen molar-refractivity contribution in [1.82, 2.24) is 0 Å². The first-order valence-corrected chi connectivity index (χ1v) is 5.75. The number of hydrogen-bond donors (Lipinski definition) is 0. The van der Waals surface area contributed by atoms with E-state index >= 15 is 0 Å². The Morgan fingerprint density at radius 1 is 1.35 bits per heavy atom. The van der Waals surface area contributed by atoms with Gasteiger partial charge in [-0.25, -0.2) is 0 Å². The summed E-state index contributed by atoms with van der Waals surface area (Å²) < 4.78 is 22.0. The molecule has 0 radical (unpaired) electrons. The molecule has 0 aromatic heterocycles. The lowest BCUT2D eigenvalue weighted by Crippen LogP contribution is -2.41. The van der Waals surface area contributed by atoms with E-state index in [2.05, 4.69) is 0 Å². The second-order valence-electron chi connectivity index (χ2n) is 4.76. The summed E-state index contributed by atoms with van der Waals surface area (Å²) in [4.78, 5) is 11.0. The van der Waals surface area contributed by atoms with Gasteiger partial charge in [-0.2, -0.15) is 0 Å². The van der Waals surface area contributed by atoms with Crippen LogP contribution in [0.1, 0.15) is 20.8 Å². The van der Waals surface area contributed by atoms with Crippen LogP contribution in [0.15, 0.2) is 12.3 Å². The van der Waals surface area contributed by atoms with E-state index in [0.717, 1.165) is 0 Å². The highest BCUT2D eigenvalue weighted by atomic mass is 16.7. The van der Waals surface area contributed by atoms with Crippen molar-refractivity contribution < 1.29 is 23.7 Å². The molecule has 0 bridgehead atoms. The Balaban J connectivity index is 2.09. The monoisotopic (exact) mass is 242 g/mol. The molecule has 0 aromatic rings. The molecule has 5 heteroatoms. The third-order valence-electron chi connectivity index (χ3n) is 2.94. The van der Waals surface area contributed by atoms with Crippen molar-refractivity contribution in [2.24, 2.45) is 5.92 Å². The van der Waals surface area contributed by atoms with E-state index in [1.165, 1.54) is 6.92 Å². The predicted octanol–water partition coefficient (Wildman–Crippen LogP) is 1.23. The van der Waals surface area contributed by atoms with Gasteiger partial charge in [-0.3, -0.25) is 4.79 Å². The molecule has 0 amide bonds. The van der Waals surface area contributed by atoms with E-state index in [9.17, 15) is 4.79 Å². The third kappa shape index (κ3) is 2.98. The zero-order valence-corrected chi connectivity index (χ0v) is 10.3. The molecule has 2 heterocycles. The van der Waals surface area contributed by atoms with Gasteiger partial charge in [0, 0.05) is 6.92 Å². The number of carbonyl (C=O) groups is 1. The summed E-state index contributed by atoms with van der Waals surface area (Å²) in [6, 6.07) is 0. The topological polar surface area (TPSA) is 54.0 Å². The maximum absolute atomic E-state index is 11.0. The van der Waals surface area contributed by atoms with E-state index in [0.29, 0.717) is 13.2 Å². The summed E-state index contributed by atoms with van der Waals surface area (Å²) >= 11 is 0. The average molecular weight is 242 g/mol. The Labute approximate surface area is 101 Å². The Hall–Kier alpha value is -1.07. The van der Waals surface area contributed by atoms with E-state index in [1.54, 1.807) is 12.3 Å². The molecule has 0 aromatic carbocycles. The number of hydrogen-bond acceptors (Lipinski definition) is 5. The van der Waals surface area contributed by atoms with Crippen molar-refractivity contribution >= 4 is 5.97 Å². The Bertz CT molecular complexity index is 323. The van der Waals surface area contributed by atoms with Crippen LogP contribution in [-0.4, -0.2) is 37.2 Å². The van der Waals surface area contributed by atoms with Crippen LogP contribution in [0.3, 0.4) is 0 Å². The van der Waals surface area contributed by atoms with E-state index in [1.807, 2.05) is 13.8 Å². The number of ether oxygens (including phenoxy) is 4. The van der Waals surface area contributed by atoms with Crippen molar-refractivity contribution in [3.8, 4) is 0 Å². The highest BCUT2D eigenvalue weighted by Crippen LogP contribution is 2.29. The number of esters is 1. The Morgan fingerprint density at radius 3 is 2.76 bits per heavy atom. The first-order valence-electron chi connectivity index (χ1n) is 5.75. The summed E-state index contributed by atoms with van der Waals surface area (Å²) in [6.07, 6.45) is 2.87. The summed E-state index contributed by atoms with van der Waals surface area (Å²) in [5.41, 5.74) is 0. The van der Waals surface area contributed by atoms with Crippen LogP contribution in [0.2, 0.25) is 0 Å². The molecular formula is C12H18O5. The van der Waals surface area contributed by atoms with Gasteiger partial charge in [0.1, 0.15) is 12.2 Å². The molecule has 5 nitrogen and oxygen atoms in total. The van der Waals surface area contributed by atoms with Crippen LogP contribution in [-0.2, 0) is 23.7 Å². The van der Waals surface area contributed by atoms with Gasteiger partial charge in [-0.1, -0.05) is 0 Å². The summed E-state index contributed by atoms with van der Waals surface area (Å²) in [6.45, 7) is 5.99. The molecule has 1 unspecified atom stereocenters. The van der Waals surface area contributed by atoms with Crippen molar-refractivity contribution in [2.45, 2.75) is 38.8 Å². The molecule has 3 atom stereocenters. The normalized spacial score (nSPS) is 35.4. The lowest BCUT2D eigenvalue weighted by molar-refractivity contribution is -0.204. The van der Waals surface area contributed by atoms with Crippen LogP contribution in [0.5, 0.6) is 0 Å². The standard InChI is InChI=1S/C12H18O5/c1-8(13)17-10-4-5-14-11-7-16-12(2,3)15-6-9(10)11/h4-5,9-11H,6-7H2,1-3H3/t9-,10?,11+/m0/s1. The fourth-order valence-corrected chi connectivity index (χ4v) is 1.98. The van der Waals surface area contributed by atoms with Crippen LogP contribution >= 0.6 is 0 Å². The fourth-order valence-electron chi connectivity index (χ4n) is 1.98. The average Bonchev–Trinajstić information content (AvgIpc) is 2.38. The molecule has 0 N–H and O–H groups in total. The maximum Gasteiger partial charge on any atom is 0.303 e. The molecule has 2 aliphatic heterocycles. The molecule has 1 fully saturated rings. The van der Waals surface area contributed by atoms with E-state index in [-0.39, 0.29) is 24.1 Å². The minimum absolute atomic E-state index is 0.0225. The van der Waals surface area contributed by atoms with Gasteiger partial charge in [0.15, 0.2) is 5.79 Å². The van der Waals surface area contributed by atoms with Crippen LogP contribution in [0.4, 0.5) is 0 Å². The quantitative estimate of drug-likeness (QED) is 0.647. The molecule has 0 aliphatic carbocycles. The SMILES string of the molecule is CC(=O)OC1C=CO[C@@H]2COC(C)(C)OC[C@@H]12. The van der Waals surface area contributed by atoms with Gasteiger partial charge in [0.05, 0.1) is 25.4 Å². The second kappa shape index (κ2) is 4.66. The minimum Gasteiger partial charge on any atom is -0.495 e. The highest BCUT2D eigenvalue weighted by molar-refractivity contribution is 5.66. The molecule has 2 aliphatic rings. The first-order chi connectivity index (χ1) is 7.98. The lowest BCUT2D eigenvalue weighted by Gasteiger charge is -2.31. The molecular weight excluding hydrogens is 224 g/mol. The van der Waals surface area contributed by atoms with E-state index in [4.69, 9.17) is 18.9 Å². The van der Waals surface area contributed by atoms with Crippen molar-refractivity contribution in [3.63, 3.8) is 0 Å². The zero-order chi connectivity index (χ0) is 12.5. The van der Waals surface area contributed by atoms with Gasteiger partial charge >= 0.3 is 5.97 Å². The smallest absolute Gasteiger partial charge is 0.303 e. The molecule has 96 valence electrons. The first kappa shape index (κ1) is 12.4. The summed E-state index contributed by atoms with van der Waals surface area (Å²) in [5, 5.41) is 0. The van der Waals surface area contributed by atoms with Gasteiger partial charge in [0.25, 0.3) is 0 Å². The van der Waals surface area contributed by atoms with E-state index < -0.39 is 5.79 Å². The molecule has 0 saturated carbocycles. The van der Waals surface area contributed by atoms with Gasteiger partial charge in [-0.15, -0.1) is 0 Å². The van der Waals surface area contributed by atoms with Gasteiger partial charge < -0.3 is 18.9 Å². The van der Waals surface area contributed by atoms with Crippen LogP contribution in [0, 0.1) is 5.92 Å². The number of carbonyl (C=O) groups excluding carboxylic acids is 1. The van der Waals surface area contributed by atoms with Crippen molar-refractivity contribution in [3.05, 3.63) is 12.3 Å².